The second-order valence-corrected chi connectivity index (χ2v) is 8.41. The molecule has 0 unspecified atom stereocenters. The lowest BCUT2D eigenvalue weighted by Gasteiger charge is -2.16. The van der Waals surface area contributed by atoms with Crippen LogP contribution in [0.15, 0.2) is 59.4 Å². The molecule has 37 heavy (non-hydrogen) atoms. The van der Waals surface area contributed by atoms with Gasteiger partial charge in [-0.25, -0.2) is 9.59 Å². The summed E-state index contributed by atoms with van der Waals surface area (Å²) in [5.41, 5.74) is 3.76. The molecular formula is C27H27N5O5. The quantitative estimate of drug-likeness (QED) is 0.344. The zero-order chi connectivity index (χ0) is 26.4. The summed E-state index contributed by atoms with van der Waals surface area (Å²) in [6, 6.07) is 15.8. The van der Waals surface area contributed by atoms with Crippen molar-refractivity contribution in [2.24, 2.45) is 0 Å². The van der Waals surface area contributed by atoms with Crippen LogP contribution in [0.25, 0.3) is 22.5 Å². The Morgan fingerprint density at radius 3 is 2.38 bits per heavy atom. The lowest BCUT2D eigenvalue weighted by Crippen LogP contribution is -2.25. The van der Waals surface area contributed by atoms with Gasteiger partial charge in [0, 0.05) is 17.3 Å². The molecule has 0 amide bonds. The van der Waals surface area contributed by atoms with Gasteiger partial charge in [-0.15, -0.1) is 10.2 Å². The molecule has 0 aliphatic rings. The summed E-state index contributed by atoms with van der Waals surface area (Å²) in [6.45, 7) is 2.27. The number of aryl methyl sites for hydroxylation is 1. The van der Waals surface area contributed by atoms with Crippen LogP contribution in [-0.4, -0.2) is 51.3 Å². The highest BCUT2D eigenvalue weighted by Crippen LogP contribution is 2.33. The Morgan fingerprint density at radius 1 is 0.946 bits per heavy atom. The molecule has 10 heteroatoms. The summed E-state index contributed by atoms with van der Waals surface area (Å²) in [5.74, 6) is -0.674. The van der Waals surface area contributed by atoms with Crippen LogP contribution in [0.5, 0.6) is 0 Å². The number of aromatic amines is 1. The normalized spacial score (nSPS) is 10.8. The van der Waals surface area contributed by atoms with E-state index in [1.165, 1.54) is 20.3 Å². The predicted octanol–water partition coefficient (Wildman–Crippen LogP) is 3.66. The summed E-state index contributed by atoms with van der Waals surface area (Å²) in [6.07, 6.45) is 2.40. The van der Waals surface area contributed by atoms with Crippen LogP contribution in [-0.2, 0) is 22.4 Å². The molecule has 0 saturated heterocycles. The molecule has 0 atom stereocenters. The largest absolute Gasteiger partial charge is 0.465 e. The summed E-state index contributed by atoms with van der Waals surface area (Å²) >= 11 is 0. The molecule has 0 aliphatic carbocycles. The van der Waals surface area contributed by atoms with Crippen molar-refractivity contribution in [3.8, 4) is 22.5 Å². The first kappa shape index (κ1) is 25.5. The van der Waals surface area contributed by atoms with Crippen LogP contribution >= 0.6 is 0 Å². The smallest absolute Gasteiger partial charge is 0.338 e. The molecule has 0 fully saturated rings. The van der Waals surface area contributed by atoms with Gasteiger partial charge in [-0.3, -0.25) is 4.79 Å². The molecule has 2 heterocycles. The number of pyridine rings is 1. The fraction of sp³-hybridized carbons (Fsp3) is 0.259. The number of hydrogen-bond acceptors (Lipinski definition) is 8. The van der Waals surface area contributed by atoms with E-state index < -0.39 is 11.9 Å². The van der Waals surface area contributed by atoms with E-state index in [0.29, 0.717) is 28.9 Å². The molecule has 10 nitrogen and oxygen atoms in total. The third-order valence-corrected chi connectivity index (χ3v) is 6.05. The molecule has 2 aromatic carbocycles. The average Bonchev–Trinajstić information content (AvgIpc) is 3.47. The number of benzene rings is 2. The highest BCUT2D eigenvalue weighted by atomic mass is 16.5. The number of unbranched alkanes of at least 4 members (excludes halogenated alkanes) is 1. The SMILES string of the molecule is CCCCc1cc(C(=O)OC)cc(=O)n1Cc1ccc(-c2ccccc2-c2nn[nH]n2)c(C(=O)OC)c1. The number of esters is 2. The predicted molar refractivity (Wildman–Crippen MR) is 136 cm³/mol. The first-order chi connectivity index (χ1) is 18.0. The summed E-state index contributed by atoms with van der Waals surface area (Å²) < 4.78 is 11.5. The highest BCUT2D eigenvalue weighted by molar-refractivity contribution is 5.99. The lowest BCUT2D eigenvalue weighted by molar-refractivity contribution is 0.0591. The standard InChI is InChI=1S/C27H27N5O5/c1-4-5-8-19-14-18(26(34)36-2)15-24(33)32(19)16-17-11-12-21(23(13-17)27(35)37-3)20-9-6-7-10-22(20)25-28-30-31-29-25/h6-7,9-15H,4-5,8,16H2,1-3H3,(H,28,29,30,31). The zero-order valence-electron chi connectivity index (χ0n) is 20.9. The van der Waals surface area contributed by atoms with Gasteiger partial charge in [0.15, 0.2) is 0 Å². The van der Waals surface area contributed by atoms with Crippen molar-refractivity contribution in [3.05, 3.63) is 87.3 Å². The Labute approximate surface area is 213 Å². The number of aromatic nitrogens is 5. The van der Waals surface area contributed by atoms with Gasteiger partial charge in [0.25, 0.3) is 5.56 Å². The number of hydrogen-bond donors (Lipinski definition) is 1. The maximum Gasteiger partial charge on any atom is 0.338 e. The second-order valence-electron chi connectivity index (χ2n) is 8.41. The molecule has 0 spiro atoms. The van der Waals surface area contributed by atoms with Gasteiger partial charge in [0.05, 0.1) is 31.9 Å². The number of ether oxygens (including phenoxy) is 2. The Bertz CT molecular complexity index is 1480. The first-order valence-electron chi connectivity index (χ1n) is 11.8. The van der Waals surface area contributed by atoms with E-state index in [2.05, 4.69) is 27.5 Å². The van der Waals surface area contributed by atoms with Gasteiger partial charge in [0.1, 0.15) is 0 Å². The molecule has 0 aliphatic heterocycles. The Balaban J connectivity index is 1.79. The van der Waals surface area contributed by atoms with Crippen molar-refractivity contribution in [2.75, 3.05) is 14.2 Å². The van der Waals surface area contributed by atoms with Gasteiger partial charge in [-0.05, 0) is 46.9 Å². The van der Waals surface area contributed by atoms with Crippen molar-refractivity contribution in [2.45, 2.75) is 32.7 Å². The minimum atomic E-state index is -0.556. The highest BCUT2D eigenvalue weighted by Gasteiger charge is 2.20. The minimum Gasteiger partial charge on any atom is -0.465 e. The lowest BCUT2D eigenvalue weighted by atomic mass is 9.93. The molecule has 2 aromatic heterocycles. The van der Waals surface area contributed by atoms with Crippen LogP contribution in [0.4, 0.5) is 0 Å². The number of carbonyl (C=O) groups excluding carboxylic acids is 2. The first-order valence-corrected chi connectivity index (χ1v) is 11.8. The molecule has 0 radical (unpaired) electrons. The van der Waals surface area contributed by atoms with Gasteiger partial charge in [-0.2, -0.15) is 5.21 Å². The summed E-state index contributed by atoms with van der Waals surface area (Å²) in [7, 11) is 2.61. The summed E-state index contributed by atoms with van der Waals surface area (Å²) in [5, 5.41) is 14.2. The fourth-order valence-electron chi connectivity index (χ4n) is 4.21. The van der Waals surface area contributed by atoms with Crippen molar-refractivity contribution < 1.29 is 19.1 Å². The van der Waals surface area contributed by atoms with E-state index in [9.17, 15) is 14.4 Å². The van der Waals surface area contributed by atoms with Gasteiger partial charge in [0.2, 0.25) is 5.82 Å². The van der Waals surface area contributed by atoms with Crippen LogP contribution < -0.4 is 5.56 Å². The topological polar surface area (TPSA) is 129 Å². The van der Waals surface area contributed by atoms with Gasteiger partial charge < -0.3 is 14.0 Å². The Kier molecular flexibility index (Phi) is 7.87. The van der Waals surface area contributed by atoms with Gasteiger partial charge >= 0.3 is 11.9 Å². The van der Waals surface area contributed by atoms with Crippen LogP contribution in [0.2, 0.25) is 0 Å². The number of methoxy groups -OCH3 is 2. The van der Waals surface area contributed by atoms with Crippen molar-refractivity contribution in [1.82, 2.24) is 25.2 Å². The maximum absolute atomic E-state index is 13.0. The average molecular weight is 502 g/mol. The van der Waals surface area contributed by atoms with Crippen molar-refractivity contribution in [3.63, 3.8) is 0 Å². The molecule has 4 aromatic rings. The van der Waals surface area contributed by atoms with E-state index in [1.807, 2.05) is 36.4 Å². The van der Waals surface area contributed by atoms with Gasteiger partial charge in [-0.1, -0.05) is 49.7 Å². The van der Waals surface area contributed by atoms with E-state index in [1.54, 1.807) is 16.7 Å². The van der Waals surface area contributed by atoms with Crippen LogP contribution in [0, 0.1) is 0 Å². The van der Waals surface area contributed by atoms with Crippen LogP contribution in [0.3, 0.4) is 0 Å². The molecule has 4 rings (SSSR count). The number of H-pyrrole nitrogens is 1. The maximum atomic E-state index is 13.0. The Hall–Kier alpha value is -4.60. The van der Waals surface area contributed by atoms with E-state index in [-0.39, 0.29) is 17.7 Å². The Morgan fingerprint density at radius 2 is 1.70 bits per heavy atom. The number of tetrazole rings is 1. The molecule has 190 valence electrons. The molecule has 1 N–H and O–H groups in total. The van der Waals surface area contributed by atoms with Crippen LogP contribution in [0.1, 0.15) is 51.7 Å². The van der Waals surface area contributed by atoms with Crippen molar-refractivity contribution >= 4 is 11.9 Å². The molecular weight excluding hydrogens is 474 g/mol. The number of carbonyl (C=O) groups is 2. The number of nitrogens with zero attached hydrogens (tertiary/aromatic N) is 4. The molecule has 0 saturated carbocycles. The van der Waals surface area contributed by atoms with E-state index in [4.69, 9.17) is 9.47 Å². The van der Waals surface area contributed by atoms with Crippen molar-refractivity contribution in [1.29, 1.82) is 0 Å². The summed E-state index contributed by atoms with van der Waals surface area (Å²) in [4.78, 5) is 37.9. The zero-order valence-corrected chi connectivity index (χ0v) is 20.9. The van der Waals surface area contributed by atoms with E-state index >= 15 is 0 Å². The molecule has 0 bridgehead atoms. The number of nitrogens with one attached hydrogen (secondary N) is 1. The number of rotatable bonds is 9. The third kappa shape index (κ3) is 5.48. The second kappa shape index (κ2) is 11.4. The third-order valence-electron chi connectivity index (χ3n) is 6.05. The van der Waals surface area contributed by atoms with E-state index in [0.717, 1.165) is 29.7 Å². The monoisotopic (exact) mass is 501 g/mol. The fourth-order valence-corrected chi connectivity index (χ4v) is 4.21. The minimum absolute atomic E-state index is 0.218.